The summed E-state index contributed by atoms with van der Waals surface area (Å²) in [5.74, 6) is 1.23. The van der Waals surface area contributed by atoms with Crippen molar-refractivity contribution in [3.05, 3.63) is 60.0 Å². The Morgan fingerprint density at radius 2 is 1.83 bits per heavy atom. The summed E-state index contributed by atoms with van der Waals surface area (Å²) < 4.78 is 17.9. The number of H-pyrrole nitrogens is 1. The van der Waals surface area contributed by atoms with E-state index in [2.05, 4.69) is 20.6 Å². The fraction of sp³-hybridized carbons (Fsp3) is 0.190. The van der Waals surface area contributed by atoms with Crippen LogP contribution in [0.1, 0.15) is 16.2 Å². The highest BCUT2D eigenvalue weighted by Crippen LogP contribution is 2.40. The second-order valence-electron chi connectivity index (χ2n) is 6.47. The zero-order valence-electron chi connectivity index (χ0n) is 16.8. The molecule has 0 unspecified atom stereocenters. The average molecular weight is 407 g/mol. The largest absolute Gasteiger partial charge is 0.493 e. The molecule has 4 aromatic rings. The first-order valence-corrected chi connectivity index (χ1v) is 9.20. The van der Waals surface area contributed by atoms with Crippen molar-refractivity contribution < 1.29 is 19.0 Å². The molecule has 9 nitrogen and oxygen atoms in total. The Balaban J connectivity index is 1.51. The minimum atomic E-state index is -0.279. The van der Waals surface area contributed by atoms with Crippen molar-refractivity contribution in [1.29, 1.82) is 0 Å². The van der Waals surface area contributed by atoms with E-state index in [1.165, 1.54) is 0 Å². The molecule has 1 amide bonds. The maximum atomic E-state index is 12.5. The number of aromatic amines is 1. The first kappa shape index (κ1) is 19.3. The van der Waals surface area contributed by atoms with Crippen LogP contribution in [0.2, 0.25) is 0 Å². The van der Waals surface area contributed by atoms with Gasteiger partial charge in [0.1, 0.15) is 5.69 Å². The summed E-state index contributed by atoms with van der Waals surface area (Å²) in [5.41, 5.74) is 3.36. The molecule has 2 N–H and O–H groups in total. The quantitative estimate of drug-likeness (QED) is 0.488. The zero-order valence-corrected chi connectivity index (χ0v) is 16.8. The third-order valence-electron chi connectivity index (χ3n) is 4.63. The van der Waals surface area contributed by atoms with Crippen LogP contribution in [0.3, 0.4) is 0 Å². The van der Waals surface area contributed by atoms with E-state index in [-0.39, 0.29) is 5.91 Å². The molecule has 4 rings (SSSR count). The van der Waals surface area contributed by atoms with Gasteiger partial charge >= 0.3 is 0 Å². The molecule has 0 aliphatic carbocycles. The lowest BCUT2D eigenvalue weighted by Crippen LogP contribution is -2.23. The number of fused-ring (bicyclic) bond motifs is 1. The number of carbonyl (C=O) groups is 1. The van der Waals surface area contributed by atoms with E-state index in [4.69, 9.17) is 14.2 Å². The molecule has 3 heterocycles. The van der Waals surface area contributed by atoms with E-state index in [9.17, 15) is 4.79 Å². The van der Waals surface area contributed by atoms with E-state index in [1.807, 2.05) is 30.5 Å². The standard InChI is InChI=1S/C21H21N5O4/c1-28-18-8-13(9-19(29-2)20(18)30-3)16-11-17(24-23-16)21(27)22-12-14-10-15-6-4-5-7-26(15)25-14/h4-11H,12H2,1-3H3,(H,22,27)(H,23,24). The fourth-order valence-corrected chi connectivity index (χ4v) is 3.16. The van der Waals surface area contributed by atoms with Crippen molar-refractivity contribution in [3.8, 4) is 28.5 Å². The lowest BCUT2D eigenvalue weighted by Gasteiger charge is -2.13. The normalized spacial score (nSPS) is 10.8. The summed E-state index contributed by atoms with van der Waals surface area (Å²) in [6.45, 7) is 0.305. The van der Waals surface area contributed by atoms with E-state index >= 15 is 0 Å². The average Bonchev–Trinajstić information content (AvgIpc) is 3.43. The SMILES string of the molecule is COc1cc(-c2cc(C(=O)NCc3cc4ccccn4n3)[nH]n2)cc(OC)c1OC. The minimum Gasteiger partial charge on any atom is -0.493 e. The molecule has 0 atom stereocenters. The Hall–Kier alpha value is -4.01. The van der Waals surface area contributed by atoms with Gasteiger partial charge in [-0.1, -0.05) is 6.07 Å². The minimum absolute atomic E-state index is 0.279. The summed E-state index contributed by atoms with van der Waals surface area (Å²) in [5, 5.41) is 14.3. The zero-order chi connectivity index (χ0) is 21.1. The van der Waals surface area contributed by atoms with Gasteiger partial charge in [-0.15, -0.1) is 0 Å². The molecule has 3 aromatic heterocycles. The van der Waals surface area contributed by atoms with Crippen LogP contribution in [-0.4, -0.2) is 47.0 Å². The summed E-state index contributed by atoms with van der Waals surface area (Å²) in [6, 6.07) is 12.9. The Morgan fingerprint density at radius 3 is 2.50 bits per heavy atom. The second-order valence-corrected chi connectivity index (χ2v) is 6.47. The lowest BCUT2D eigenvalue weighted by molar-refractivity contribution is 0.0945. The highest BCUT2D eigenvalue weighted by atomic mass is 16.5. The van der Waals surface area contributed by atoms with Gasteiger partial charge in [-0.2, -0.15) is 10.2 Å². The molecular weight excluding hydrogens is 386 g/mol. The first-order valence-electron chi connectivity index (χ1n) is 9.20. The lowest BCUT2D eigenvalue weighted by atomic mass is 10.1. The number of nitrogens with zero attached hydrogens (tertiary/aromatic N) is 3. The van der Waals surface area contributed by atoms with Crippen LogP contribution >= 0.6 is 0 Å². The molecule has 0 saturated heterocycles. The molecule has 0 spiro atoms. The molecule has 30 heavy (non-hydrogen) atoms. The summed E-state index contributed by atoms with van der Waals surface area (Å²) in [7, 11) is 4.63. The van der Waals surface area contributed by atoms with Gasteiger partial charge in [-0.25, -0.2) is 4.52 Å². The molecule has 9 heteroatoms. The molecule has 0 radical (unpaired) electrons. The molecule has 0 bridgehead atoms. The molecular formula is C21H21N5O4. The highest BCUT2D eigenvalue weighted by Gasteiger charge is 2.17. The molecule has 0 saturated carbocycles. The Kier molecular flexibility index (Phi) is 5.25. The van der Waals surface area contributed by atoms with Gasteiger partial charge in [0.05, 0.1) is 44.8 Å². The summed E-state index contributed by atoms with van der Waals surface area (Å²) in [4.78, 5) is 12.5. The number of rotatable bonds is 7. The number of methoxy groups -OCH3 is 3. The van der Waals surface area contributed by atoms with Gasteiger partial charge < -0.3 is 19.5 Å². The van der Waals surface area contributed by atoms with Gasteiger partial charge in [0.15, 0.2) is 11.5 Å². The third kappa shape index (κ3) is 3.64. The van der Waals surface area contributed by atoms with Crippen molar-refractivity contribution in [1.82, 2.24) is 25.1 Å². The first-order chi connectivity index (χ1) is 14.6. The van der Waals surface area contributed by atoms with Crippen LogP contribution in [0.4, 0.5) is 0 Å². The van der Waals surface area contributed by atoms with Crippen molar-refractivity contribution in [2.75, 3.05) is 21.3 Å². The monoisotopic (exact) mass is 407 g/mol. The van der Waals surface area contributed by atoms with Crippen molar-refractivity contribution >= 4 is 11.4 Å². The van der Waals surface area contributed by atoms with E-state index in [0.717, 1.165) is 16.8 Å². The van der Waals surface area contributed by atoms with Gasteiger partial charge in [-0.05, 0) is 36.4 Å². The molecule has 154 valence electrons. The van der Waals surface area contributed by atoms with Crippen molar-refractivity contribution in [2.24, 2.45) is 0 Å². The fourth-order valence-electron chi connectivity index (χ4n) is 3.16. The maximum absolute atomic E-state index is 12.5. The molecule has 0 aliphatic heterocycles. The Morgan fingerprint density at radius 1 is 1.07 bits per heavy atom. The smallest absolute Gasteiger partial charge is 0.269 e. The number of hydrogen-bond donors (Lipinski definition) is 2. The maximum Gasteiger partial charge on any atom is 0.269 e. The summed E-state index contributed by atoms with van der Waals surface area (Å²) in [6.07, 6.45) is 1.86. The van der Waals surface area contributed by atoms with Crippen LogP contribution in [-0.2, 0) is 6.54 Å². The topological polar surface area (TPSA) is 103 Å². The van der Waals surface area contributed by atoms with Crippen molar-refractivity contribution in [2.45, 2.75) is 6.54 Å². The van der Waals surface area contributed by atoms with Crippen molar-refractivity contribution in [3.63, 3.8) is 0 Å². The van der Waals surface area contributed by atoms with Crippen LogP contribution in [0.5, 0.6) is 17.2 Å². The summed E-state index contributed by atoms with van der Waals surface area (Å²) >= 11 is 0. The molecule has 0 aliphatic rings. The second kappa shape index (κ2) is 8.16. The van der Waals surface area contributed by atoms with E-state index < -0.39 is 0 Å². The number of hydrogen-bond acceptors (Lipinski definition) is 6. The van der Waals surface area contributed by atoms with Gasteiger partial charge in [-0.3, -0.25) is 9.89 Å². The Labute approximate surface area is 172 Å². The number of nitrogens with one attached hydrogen (secondary N) is 2. The number of amides is 1. The van der Waals surface area contributed by atoms with Crippen LogP contribution in [0.15, 0.2) is 48.7 Å². The number of benzene rings is 1. The van der Waals surface area contributed by atoms with Crippen LogP contribution in [0, 0.1) is 0 Å². The molecule has 1 aromatic carbocycles. The van der Waals surface area contributed by atoms with Gasteiger partial charge in [0, 0.05) is 11.8 Å². The van der Waals surface area contributed by atoms with E-state index in [1.54, 1.807) is 44.0 Å². The highest BCUT2D eigenvalue weighted by molar-refractivity contribution is 5.93. The number of ether oxygens (including phenoxy) is 3. The number of pyridine rings is 1. The number of carbonyl (C=O) groups excluding carboxylic acids is 1. The van der Waals surface area contributed by atoms with E-state index in [0.29, 0.717) is 35.2 Å². The predicted octanol–water partition coefficient (Wildman–Crippen LogP) is 2.68. The molecule has 0 fully saturated rings. The van der Waals surface area contributed by atoms with Gasteiger partial charge in [0.2, 0.25) is 5.75 Å². The van der Waals surface area contributed by atoms with Gasteiger partial charge in [0.25, 0.3) is 5.91 Å². The van der Waals surface area contributed by atoms with Crippen LogP contribution < -0.4 is 19.5 Å². The third-order valence-corrected chi connectivity index (χ3v) is 4.63. The van der Waals surface area contributed by atoms with Crippen LogP contribution in [0.25, 0.3) is 16.8 Å². The Bertz CT molecular complexity index is 1140. The number of aromatic nitrogens is 4. The predicted molar refractivity (Wildman–Crippen MR) is 110 cm³/mol.